The first-order valence-electron chi connectivity index (χ1n) is 4.89. The molecule has 0 unspecified atom stereocenters. The van der Waals surface area contributed by atoms with Crippen molar-refractivity contribution in [2.24, 2.45) is 0 Å². The van der Waals surface area contributed by atoms with E-state index in [2.05, 4.69) is 5.32 Å². The van der Waals surface area contributed by atoms with Crippen molar-refractivity contribution >= 4 is 28.6 Å². The molecule has 0 amide bonds. The highest BCUT2D eigenvalue weighted by atomic mass is 35.5. The van der Waals surface area contributed by atoms with E-state index in [1.165, 1.54) is 17.4 Å². The number of hydrogen-bond donors (Lipinski definition) is 1. The van der Waals surface area contributed by atoms with Gasteiger partial charge < -0.3 is 5.32 Å². The van der Waals surface area contributed by atoms with Gasteiger partial charge in [0.05, 0.1) is 10.0 Å². The van der Waals surface area contributed by atoms with Crippen LogP contribution in [-0.4, -0.2) is 0 Å². The van der Waals surface area contributed by atoms with Crippen LogP contribution in [0.25, 0.3) is 0 Å². The first kappa shape index (κ1) is 11.4. The maximum Gasteiger partial charge on any atom is 0.146 e. The molecule has 0 fully saturated rings. The lowest BCUT2D eigenvalue weighted by Crippen LogP contribution is -1.99. The average Bonchev–Trinajstić information content (AvgIpc) is 2.63. The Kier molecular flexibility index (Phi) is 3.46. The van der Waals surface area contributed by atoms with E-state index >= 15 is 0 Å². The van der Waals surface area contributed by atoms with Gasteiger partial charge in [-0.1, -0.05) is 17.7 Å². The molecular formula is C12H11ClFNS. The fraction of sp³-hybridized carbons (Fsp3) is 0.167. The Morgan fingerprint density at radius 1 is 1.31 bits per heavy atom. The van der Waals surface area contributed by atoms with Crippen molar-refractivity contribution in [2.45, 2.75) is 13.5 Å². The first-order chi connectivity index (χ1) is 7.65. The first-order valence-corrected chi connectivity index (χ1v) is 6.09. The van der Waals surface area contributed by atoms with Gasteiger partial charge in [0.2, 0.25) is 0 Å². The second-order valence-corrected chi connectivity index (χ2v) is 5.34. The summed E-state index contributed by atoms with van der Waals surface area (Å²) in [5.74, 6) is -0.220. The van der Waals surface area contributed by atoms with Crippen molar-refractivity contribution in [1.29, 1.82) is 0 Å². The van der Waals surface area contributed by atoms with Crippen LogP contribution < -0.4 is 5.32 Å². The molecule has 0 saturated heterocycles. The molecule has 0 atom stereocenters. The minimum Gasteiger partial charge on any atom is -0.378 e. The molecule has 0 aliphatic heterocycles. The standard InChI is InChI=1S/C12H11ClFNS/c1-8-2-4-11(10(14)6-8)15-7-9-3-5-12(13)16-9/h2-6,15H,7H2,1H3. The van der Waals surface area contributed by atoms with Gasteiger partial charge in [0, 0.05) is 11.4 Å². The lowest BCUT2D eigenvalue weighted by molar-refractivity contribution is 0.629. The van der Waals surface area contributed by atoms with Crippen LogP contribution in [0.5, 0.6) is 0 Å². The quantitative estimate of drug-likeness (QED) is 0.854. The predicted octanol–water partition coefficient (Wildman–Crippen LogP) is 4.46. The monoisotopic (exact) mass is 255 g/mol. The number of anilines is 1. The van der Waals surface area contributed by atoms with E-state index in [9.17, 15) is 4.39 Å². The summed E-state index contributed by atoms with van der Waals surface area (Å²) in [7, 11) is 0. The van der Waals surface area contributed by atoms with Crippen LogP contribution >= 0.6 is 22.9 Å². The van der Waals surface area contributed by atoms with Crippen LogP contribution in [0, 0.1) is 12.7 Å². The zero-order chi connectivity index (χ0) is 11.5. The number of thiophene rings is 1. The highest BCUT2D eigenvalue weighted by Crippen LogP contribution is 2.23. The minimum atomic E-state index is -0.220. The summed E-state index contributed by atoms with van der Waals surface area (Å²) in [5.41, 5.74) is 1.44. The highest BCUT2D eigenvalue weighted by molar-refractivity contribution is 7.16. The number of aryl methyl sites for hydroxylation is 1. The van der Waals surface area contributed by atoms with Crippen LogP contribution in [0.15, 0.2) is 30.3 Å². The summed E-state index contributed by atoms with van der Waals surface area (Å²) in [5, 5.41) is 3.05. The Morgan fingerprint density at radius 2 is 2.12 bits per heavy atom. The topological polar surface area (TPSA) is 12.0 Å². The van der Waals surface area contributed by atoms with E-state index in [-0.39, 0.29) is 5.82 Å². The van der Waals surface area contributed by atoms with Crippen molar-refractivity contribution in [3.8, 4) is 0 Å². The van der Waals surface area contributed by atoms with Crippen LogP contribution in [0.2, 0.25) is 4.34 Å². The molecular weight excluding hydrogens is 245 g/mol. The summed E-state index contributed by atoms with van der Waals surface area (Å²) in [6.07, 6.45) is 0. The number of benzene rings is 1. The summed E-state index contributed by atoms with van der Waals surface area (Å²) in [6, 6.07) is 8.93. The molecule has 1 aromatic carbocycles. The molecule has 1 nitrogen and oxygen atoms in total. The van der Waals surface area contributed by atoms with E-state index < -0.39 is 0 Å². The molecule has 84 valence electrons. The molecule has 0 aliphatic rings. The van der Waals surface area contributed by atoms with Crippen LogP contribution in [0.1, 0.15) is 10.4 Å². The second-order valence-electron chi connectivity index (χ2n) is 3.54. The molecule has 1 N–H and O–H groups in total. The van der Waals surface area contributed by atoms with E-state index in [0.717, 1.165) is 14.8 Å². The third-order valence-corrected chi connectivity index (χ3v) is 3.44. The molecule has 2 aromatic rings. The summed E-state index contributed by atoms with van der Waals surface area (Å²) >= 11 is 7.31. The van der Waals surface area contributed by atoms with E-state index in [1.54, 1.807) is 6.07 Å². The third-order valence-electron chi connectivity index (χ3n) is 2.21. The third kappa shape index (κ3) is 2.74. The number of hydrogen-bond acceptors (Lipinski definition) is 2. The molecule has 0 radical (unpaired) electrons. The maximum absolute atomic E-state index is 13.5. The van der Waals surface area contributed by atoms with Crippen LogP contribution in [0.3, 0.4) is 0 Å². The van der Waals surface area contributed by atoms with Crippen molar-refractivity contribution in [1.82, 2.24) is 0 Å². The lowest BCUT2D eigenvalue weighted by atomic mass is 10.2. The van der Waals surface area contributed by atoms with Crippen molar-refractivity contribution in [3.63, 3.8) is 0 Å². The fourth-order valence-corrected chi connectivity index (χ4v) is 2.42. The van der Waals surface area contributed by atoms with Crippen LogP contribution in [0.4, 0.5) is 10.1 Å². The molecule has 4 heteroatoms. The van der Waals surface area contributed by atoms with Gasteiger partial charge >= 0.3 is 0 Å². The van der Waals surface area contributed by atoms with Gasteiger partial charge in [0.1, 0.15) is 5.82 Å². The fourth-order valence-electron chi connectivity index (χ4n) is 1.39. The number of halogens is 2. The molecule has 0 saturated carbocycles. The zero-order valence-corrected chi connectivity index (χ0v) is 10.3. The van der Waals surface area contributed by atoms with Gasteiger partial charge in [-0.3, -0.25) is 0 Å². The molecule has 0 spiro atoms. The van der Waals surface area contributed by atoms with E-state index in [1.807, 2.05) is 25.1 Å². The van der Waals surface area contributed by atoms with Gasteiger partial charge in [-0.05, 0) is 36.8 Å². The Bertz CT molecular complexity index is 496. The molecule has 0 bridgehead atoms. The Hall–Kier alpha value is -1.06. The second kappa shape index (κ2) is 4.85. The Labute approximate surface area is 103 Å². The molecule has 0 aliphatic carbocycles. The van der Waals surface area contributed by atoms with Crippen molar-refractivity contribution < 1.29 is 4.39 Å². The minimum absolute atomic E-state index is 0.220. The Morgan fingerprint density at radius 3 is 2.75 bits per heavy atom. The molecule has 1 aromatic heterocycles. The Balaban J connectivity index is 2.04. The smallest absolute Gasteiger partial charge is 0.146 e. The largest absolute Gasteiger partial charge is 0.378 e. The number of rotatable bonds is 3. The SMILES string of the molecule is Cc1ccc(NCc2ccc(Cl)s2)c(F)c1. The molecule has 1 heterocycles. The van der Waals surface area contributed by atoms with Crippen molar-refractivity contribution in [2.75, 3.05) is 5.32 Å². The van der Waals surface area contributed by atoms with Gasteiger partial charge in [-0.2, -0.15) is 0 Å². The van der Waals surface area contributed by atoms with Gasteiger partial charge in [0.15, 0.2) is 0 Å². The van der Waals surface area contributed by atoms with Crippen molar-refractivity contribution in [3.05, 3.63) is 50.9 Å². The summed E-state index contributed by atoms with van der Waals surface area (Å²) < 4.78 is 14.2. The number of nitrogens with one attached hydrogen (secondary N) is 1. The highest BCUT2D eigenvalue weighted by Gasteiger charge is 2.02. The average molecular weight is 256 g/mol. The van der Waals surface area contributed by atoms with Crippen LogP contribution in [-0.2, 0) is 6.54 Å². The van der Waals surface area contributed by atoms with E-state index in [0.29, 0.717) is 12.2 Å². The normalized spacial score (nSPS) is 10.4. The molecule has 2 rings (SSSR count). The molecule has 16 heavy (non-hydrogen) atoms. The summed E-state index contributed by atoms with van der Waals surface area (Å²) in [6.45, 7) is 2.46. The summed E-state index contributed by atoms with van der Waals surface area (Å²) in [4.78, 5) is 1.09. The van der Waals surface area contributed by atoms with Gasteiger partial charge in [-0.25, -0.2) is 4.39 Å². The van der Waals surface area contributed by atoms with Gasteiger partial charge in [0.25, 0.3) is 0 Å². The predicted molar refractivity (Wildman–Crippen MR) is 67.8 cm³/mol. The van der Waals surface area contributed by atoms with Gasteiger partial charge in [-0.15, -0.1) is 11.3 Å². The van der Waals surface area contributed by atoms with E-state index in [4.69, 9.17) is 11.6 Å². The zero-order valence-electron chi connectivity index (χ0n) is 8.76. The lowest BCUT2D eigenvalue weighted by Gasteiger charge is -2.06. The maximum atomic E-state index is 13.5.